The van der Waals surface area contributed by atoms with Gasteiger partial charge in [-0.2, -0.15) is 0 Å². The monoisotopic (exact) mass is 283 g/mol. The van der Waals surface area contributed by atoms with Crippen molar-refractivity contribution in [3.05, 3.63) is 21.9 Å². The van der Waals surface area contributed by atoms with E-state index < -0.39 is 6.10 Å². The number of aliphatic hydroxyl groups is 1. The molecule has 0 radical (unpaired) electrons. The number of aliphatic hydroxyl groups excluding tert-OH is 1. The molecule has 1 fully saturated rings. The maximum Gasteiger partial charge on any atom is 0.0898 e. The Morgan fingerprint density at radius 2 is 2.16 bits per heavy atom. The summed E-state index contributed by atoms with van der Waals surface area (Å²) in [6, 6.07) is 4.58. The number of rotatable bonds is 7. The van der Waals surface area contributed by atoms with Gasteiger partial charge in [-0.1, -0.05) is 12.8 Å². The second-order valence-electron chi connectivity index (χ2n) is 5.47. The molecule has 3 nitrogen and oxygen atoms in total. The van der Waals surface area contributed by atoms with Gasteiger partial charge in [0.25, 0.3) is 0 Å². The minimum atomic E-state index is -0.413. The van der Waals surface area contributed by atoms with E-state index in [-0.39, 0.29) is 0 Å². The lowest BCUT2D eigenvalue weighted by Gasteiger charge is -2.18. The van der Waals surface area contributed by atoms with E-state index in [1.54, 1.807) is 11.3 Å². The summed E-state index contributed by atoms with van der Waals surface area (Å²) in [5.74, 6) is 0. The van der Waals surface area contributed by atoms with Crippen LogP contribution >= 0.6 is 11.3 Å². The van der Waals surface area contributed by atoms with Gasteiger partial charge in [0, 0.05) is 22.3 Å². The third kappa shape index (κ3) is 4.88. The van der Waals surface area contributed by atoms with E-state index in [1.165, 1.54) is 22.6 Å². The predicted octanol–water partition coefficient (Wildman–Crippen LogP) is 3.03. The molecule has 0 spiro atoms. The van der Waals surface area contributed by atoms with Crippen LogP contribution in [0.3, 0.4) is 0 Å². The summed E-state index contributed by atoms with van der Waals surface area (Å²) in [5.41, 5.74) is 0. The highest BCUT2D eigenvalue weighted by molar-refractivity contribution is 7.12. The highest BCUT2D eigenvalue weighted by Gasteiger charge is 2.17. The first-order valence-electron chi connectivity index (χ1n) is 7.24. The van der Waals surface area contributed by atoms with Gasteiger partial charge in [-0.25, -0.2) is 0 Å². The largest absolute Gasteiger partial charge is 0.389 e. The molecule has 108 valence electrons. The fourth-order valence-corrected chi connectivity index (χ4v) is 3.36. The molecule has 2 rings (SSSR count). The molecule has 0 bridgehead atoms. The van der Waals surface area contributed by atoms with Crippen molar-refractivity contribution in [2.24, 2.45) is 0 Å². The van der Waals surface area contributed by atoms with Crippen LogP contribution in [-0.4, -0.2) is 30.5 Å². The molecule has 4 heteroatoms. The van der Waals surface area contributed by atoms with Gasteiger partial charge in [0.15, 0.2) is 0 Å². The highest BCUT2D eigenvalue weighted by atomic mass is 32.1. The van der Waals surface area contributed by atoms with Gasteiger partial charge >= 0.3 is 0 Å². The minimum absolute atomic E-state index is 0.292. The maximum absolute atomic E-state index is 9.93. The Labute approximate surface area is 120 Å². The van der Waals surface area contributed by atoms with E-state index in [1.807, 2.05) is 0 Å². The van der Waals surface area contributed by atoms with Crippen molar-refractivity contribution < 1.29 is 9.84 Å². The summed E-state index contributed by atoms with van der Waals surface area (Å²) in [6.07, 6.45) is 4.83. The number of hydrogen-bond donors (Lipinski definition) is 2. The van der Waals surface area contributed by atoms with Gasteiger partial charge in [-0.05, 0) is 38.8 Å². The molecule has 0 aliphatic heterocycles. The molecule has 0 saturated heterocycles. The van der Waals surface area contributed by atoms with Crippen LogP contribution in [0.25, 0.3) is 0 Å². The third-order valence-corrected chi connectivity index (χ3v) is 4.86. The van der Waals surface area contributed by atoms with E-state index in [9.17, 15) is 5.11 Å². The second kappa shape index (κ2) is 7.39. The fraction of sp³-hybridized carbons (Fsp3) is 0.733. The molecule has 1 saturated carbocycles. The first kappa shape index (κ1) is 15.0. The maximum atomic E-state index is 9.93. The number of ether oxygens (including phenoxy) is 1. The Balaban J connectivity index is 1.63. The van der Waals surface area contributed by atoms with Crippen LogP contribution in [0.15, 0.2) is 12.1 Å². The van der Waals surface area contributed by atoms with Crippen molar-refractivity contribution in [1.29, 1.82) is 0 Å². The lowest BCUT2D eigenvalue weighted by Crippen LogP contribution is -2.32. The summed E-state index contributed by atoms with van der Waals surface area (Å²) in [6.45, 7) is 5.29. The molecule has 2 unspecified atom stereocenters. The zero-order valence-electron chi connectivity index (χ0n) is 11.9. The molecule has 19 heavy (non-hydrogen) atoms. The number of hydrogen-bond acceptors (Lipinski definition) is 4. The molecule has 1 heterocycles. The van der Waals surface area contributed by atoms with Crippen LogP contribution in [0.5, 0.6) is 0 Å². The summed E-state index contributed by atoms with van der Waals surface area (Å²) < 4.78 is 5.72. The van der Waals surface area contributed by atoms with Crippen molar-refractivity contribution in [3.63, 3.8) is 0 Å². The molecule has 1 aliphatic carbocycles. The van der Waals surface area contributed by atoms with Crippen LogP contribution in [0, 0.1) is 6.92 Å². The predicted molar refractivity (Wildman–Crippen MR) is 79.7 cm³/mol. The number of thiophene rings is 1. The lowest BCUT2D eigenvalue weighted by atomic mass is 10.2. The molecule has 0 aromatic carbocycles. The summed E-state index contributed by atoms with van der Waals surface area (Å²) >= 11 is 1.81. The van der Waals surface area contributed by atoms with Crippen LogP contribution in [0.1, 0.15) is 48.4 Å². The molecule has 2 atom stereocenters. The number of nitrogens with one attached hydrogen (secondary N) is 1. The minimum Gasteiger partial charge on any atom is -0.389 e. The molecule has 1 aromatic heterocycles. The summed E-state index contributed by atoms with van der Waals surface area (Å²) in [4.78, 5) is 2.65. The van der Waals surface area contributed by atoms with Gasteiger partial charge in [-0.15, -0.1) is 11.3 Å². The van der Waals surface area contributed by atoms with E-state index in [0.29, 0.717) is 25.3 Å². The second-order valence-corrected chi connectivity index (χ2v) is 6.79. The third-order valence-electron chi connectivity index (χ3n) is 3.67. The van der Waals surface area contributed by atoms with Gasteiger partial charge < -0.3 is 15.2 Å². The zero-order chi connectivity index (χ0) is 13.7. The first-order valence-corrected chi connectivity index (χ1v) is 8.06. The van der Waals surface area contributed by atoms with Crippen molar-refractivity contribution in [1.82, 2.24) is 5.32 Å². The van der Waals surface area contributed by atoms with Crippen LogP contribution in [-0.2, 0) is 4.74 Å². The smallest absolute Gasteiger partial charge is 0.0898 e. The van der Waals surface area contributed by atoms with E-state index >= 15 is 0 Å². The highest BCUT2D eigenvalue weighted by Crippen LogP contribution is 2.22. The Hall–Kier alpha value is -0.420. The molecular formula is C15H25NO2S. The quantitative estimate of drug-likeness (QED) is 0.808. The average molecular weight is 283 g/mol. The summed E-state index contributed by atoms with van der Waals surface area (Å²) in [5, 5.41) is 13.3. The van der Waals surface area contributed by atoms with Crippen molar-refractivity contribution >= 4 is 11.3 Å². The Kier molecular flexibility index (Phi) is 5.82. The van der Waals surface area contributed by atoms with E-state index in [0.717, 1.165) is 12.8 Å². The zero-order valence-corrected chi connectivity index (χ0v) is 12.7. The van der Waals surface area contributed by atoms with Crippen LogP contribution < -0.4 is 5.32 Å². The standard InChI is InChI=1S/C15H25NO2S/c1-11-7-8-15(19-11)12(2)16-9-13(17)10-18-14-5-3-4-6-14/h7-8,12-14,16-17H,3-6,9-10H2,1-2H3. The van der Waals surface area contributed by atoms with Crippen LogP contribution in [0.4, 0.5) is 0 Å². The first-order chi connectivity index (χ1) is 9.15. The van der Waals surface area contributed by atoms with Crippen molar-refractivity contribution in [3.8, 4) is 0 Å². The lowest BCUT2D eigenvalue weighted by molar-refractivity contribution is -0.00607. The van der Waals surface area contributed by atoms with Gasteiger partial charge in [0.05, 0.1) is 18.8 Å². The normalized spacial score (nSPS) is 19.7. The number of aryl methyl sites for hydroxylation is 1. The van der Waals surface area contributed by atoms with E-state index in [2.05, 4.69) is 31.3 Å². The molecule has 1 aromatic rings. The Morgan fingerprint density at radius 3 is 2.79 bits per heavy atom. The van der Waals surface area contributed by atoms with E-state index in [4.69, 9.17) is 4.74 Å². The van der Waals surface area contributed by atoms with Gasteiger partial charge in [0.2, 0.25) is 0 Å². The van der Waals surface area contributed by atoms with Crippen molar-refractivity contribution in [2.75, 3.05) is 13.2 Å². The van der Waals surface area contributed by atoms with Gasteiger partial charge in [0.1, 0.15) is 0 Å². The summed E-state index contributed by atoms with van der Waals surface area (Å²) in [7, 11) is 0. The Morgan fingerprint density at radius 1 is 1.42 bits per heavy atom. The SMILES string of the molecule is Cc1ccc(C(C)NCC(O)COC2CCCC2)s1. The van der Waals surface area contributed by atoms with Crippen molar-refractivity contribution in [2.45, 2.75) is 57.8 Å². The molecule has 1 aliphatic rings. The average Bonchev–Trinajstić information content (AvgIpc) is 3.04. The van der Waals surface area contributed by atoms with Crippen LogP contribution in [0.2, 0.25) is 0 Å². The van der Waals surface area contributed by atoms with Gasteiger partial charge in [-0.3, -0.25) is 0 Å². The molecular weight excluding hydrogens is 258 g/mol. The topological polar surface area (TPSA) is 41.5 Å². The molecule has 2 N–H and O–H groups in total. The molecule has 0 amide bonds. The Bertz CT molecular complexity index is 374. The fourth-order valence-electron chi connectivity index (χ4n) is 2.46.